The van der Waals surface area contributed by atoms with Gasteiger partial charge < -0.3 is 9.14 Å². The van der Waals surface area contributed by atoms with Gasteiger partial charge in [-0.15, -0.1) is 0 Å². The number of ether oxygens (including phenoxy) is 1. The van der Waals surface area contributed by atoms with Gasteiger partial charge in [0, 0.05) is 16.2 Å². The number of nitrogens with zero attached hydrogens (tertiary/aromatic N) is 3. The van der Waals surface area contributed by atoms with Gasteiger partial charge in [0.05, 0.1) is 31.0 Å². The number of imidazole rings is 1. The van der Waals surface area contributed by atoms with Crippen LogP contribution >= 0.6 is 15.9 Å². The molecule has 0 N–H and O–H groups in total. The second kappa shape index (κ2) is 5.82. The fraction of sp³-hybridized carbons (Fsp3) is 0.176. The minimum Gasteiger partial charge on any atom is -0.497 e. The number of aromatic nitrogens is 2. The van der Waals surface area contributed by atoms with Crippen molar-refractivity contribution in [1.82, 2.24) is 9.38 Å². The van der Waals surface area contributed by atoms with Crippen molar-refractivity contribution in [2.75, 3.05) is 7.11 Å². The zero-order valence-corrected chi connectivity index (χ0v) is 13.9. The fourth-order valence-electron chi connectivity index (χ4n) is 2.43. The Morgan fingerprint density at radius 1 is 1.32 bits per heavy atom. The van der Waals surface area contributed by atoms with Gasteiger partial charge in [-0.05, 0) is 58.7 Å². The van der Waals surface area contributed by atoms with Gasteiger partial charge in [-0.3, -0.25) is 0 Å². The Kier molecular flexibility index (Phi) is 3.86. The molecule has 2 heterocycles. The number of fused-ring (bicyclic) bond motifs is 1. The van der Waals surface area contributed by atoms with Crippen molar-refractivity contribution in [2.24, 2.45) is 0 Å². The zero-order valence-electron chi connectivity index (χ0n) is 12.3. The lowest BCUT2D eigenvalue weighted by Crippen LogP contribution is -1.94. The topological polar surface area (TPSA) is 50.3 Å². The molecule has 3 aromatic rings. The smallest absolute Gasteiger partial charge is 0.138 e. The van der Waals surface area contributed by atoms with Gasteiger partial charge >= 0.3 is 0 Å². The van der Waals surface area contributed by atoms with Crippen molar-refractivity contribution in [3.05, 3.63) is 52.3 Å². The van der Waals surface area contributed by atoms with E-state index in [0.717, 1.165) is 38.4 Å². The standard InChI is InChI=1S/C17H14BrN3O/c1-11-9-16-20-17(12-3-5-13(22-2)6-4-12)15(7-8-19)21(16)10-14(11)18/h3-6,9-10H,7H2,1-2H3. The van der Waals surface area contributed by atoms with Gasteiger partial charge in [0.15, 0.2) is 0 Å². The van der Waals surface area contributed by atoms with Gasteiger partial charge in [0.2, 0.25) is 0 Å². The van der Waals surface area contributed by atoms with Crippen LogP contribution in [0.25, 0.3) is 16.9 Å². The Hall–Kier alpha value is -2.32. The quantitative estimate of drug-likeness (QED) is 0.709. The van der Waals surface area contributed by atoms with Crippen LogP contribution in [0.3, 0.4) is 0 Å². The largest absolute Gasteiger partial charge is 0.497 e. The molecular formula is C17H14BrN3O. The number of hydrogen-bond acceptors (Lipinski definition) is 3. The number of rotatable bonds is 3. The molecule has 0 saturated heterocycles. The highest BCUT2D eigenvalue weighted by Gasteiger charge is 2.15. The molecule has 0 aliphatic rings. The minimum atomic E-state index is 0.304. The first kappa shape index (κ1) is 14.6. The third kappa shape index (κ3) is 2.46. The highest BCUT2D eigenvalue weighted by Crippen LogP contribution is 2.28. The molecule has 0 radical (unpaired) electrons. The predicted molar refractivity (Wildman–Crippen MR) is 88.9 cm³/mol. The normalized spacial score (nSPS) is 10.6. The number of aryl methyl sites for hydroxylation is 1. The molecule has 5 heteroatoms. The molecular weight excluding hydrogens is 342 g/mol. The first-order valence-electron chi connectivity index (χ1n) is 6.82. The van der Waals surface area contributed by atoms with Crippen molar-refractivity contribution in [3.63, 3.8) is 0 Å². The summed E-state index contributed by atoms with van der Waals surface area (Å²) < 4.78 is 8.16. The number of pyridine rings is 1. The summed E-state index contributed by atoms with van der Waals surface area (Å²) in [5, 5.41) is 9.15. The van der Waals surface area contributed by atoms with Crippen LogP contribution < -0.4 is 4.74 Å². The molecule has 110 valence electrons. The summed E-state index contributed by atoms with van der Waals surface area (Å²) in [6.07, 6.45) is 2.27. The van der Waals surface area contributed by atoms with E-state index >= 15 is 0 Å². The number of methoxy groups -OCH3 is 1. The van der Waals surface area contributed by atoms with Gasteiger partial charge in [0.25, 0.3) is 0 Å². The van der Waals surface area contributed by atoms with E-state index < -0.39 is 0 Å². The summed E-state index contributed by atoms with van der Waals surface area (Å²) in [4.78, 5) is 4.71. The molecule has 3 rings (SSSR count). The zero-order chi connectivity index (χ0) is 15.7. The summed E-state index contributed by atoms with van der Waals surface area (Å²) >= 11 is 3.54. The minimum absolute atomic E-state index is 0.304. The van der Waals surface area contributed by atoms with Crippen LogP contribution in [0.2, 0.25) is 0 Å². The van der Waals surface area contributed by atoms with Crippen LogP contribution in [0.5, 0.6) is 5.75 Å². The molecule has 1 aromatic carbocycles. The third-order valence-electron chi connectivity index (χ3n) is 3.61. The molecule has 0 unspecified atom stereocenters. The van der Waals surface area contributed by atoms with Crippen molar-refractivity contribution in [3.8, 4) is 23.1 Å². The second-order valence-corrected chi connectivity index (χ2v) is 5.86. The Balaban J connectivity index is 2.23. The summed E-state index contributed by atoms with van der Waals surface area (Å²) in [5.74, 6) is 0.799. The number of hydrogen-bond donors (Lipinski definition) is 0. The summed E-state index contributed by atoms with van der Waals surface area (Å²) in [5.41, 5.74) is 4.66. The first-order valence-corrected chi connectivity index (χ1v) is 7.62. The van der Waals surface area contributed by atoms with Crippen LogP contribution in [0.4, 0.5) is 0 Å². The van der Waals surface area contributed by atoms with E-state index in [0.29, 0.717) is 6.42 Å². The van der Waals surface area contributed by atoms with Crippen LogP contribution in [-0.4, -0.2) is 16.5 Å². The maximum atomic E-state index is 9.15. The Morgan fingerprint density at radius 3 is 2.68 bits per heavy atom. The van der Waals surface area contributed by atoms with E-state index in [1.807, 2.05) is 47.9 Å². The van der Waals surface area contributed by atoms with Crippen molar-refractivity contribution in [1.29, 1.82) is 5.26 Å². The van der Waals surface area contributed by atoms with Crippen LogP contribution in [-0.2, 0) is 6.42 Å². The average Bonchev–Trinajstić information content (AvgIpc) is 2.86. The third-order valence-corrected chi connectivity index (χ3v) is 4.44. The molecule has 4 nitrogen and oxygen atoms in total. The van der Waals surface area contributed by atoms with Gasteiger partial charge in [-0.2, -0.15) is 5.26 Å². The van der Waals surface area contributed by atoms with Gasteiger partial charge in [-0.25, -0.2) is 4.98 Å². The molecule has 22 heavy (non-hydrogen) atoms. The lowest BCUT2D eigenvalue weighted by Gasteiger charge is -2.04. The van der Waals surface area contributed by atoms with Crippen molar-refractivity contribution < 1.29 is 4.74 Å². The van der Waals surface area contributed by atoms with E-state index in [-0.39, 0.29) is 0 Å². The molecule has 0 atom stereocenters. The molecule has 0 fully saturated rings. The maximum Gasteiger partial charge on any atom is 0.138 e. The lowest BCUT2D eigenvalue weighted by atomic mass is 10.1. The summed E-state index contributed by atoms with van der Waals surface area (Å²) in [6, 6.07) is 12.0. The van der Waals surface area contributed by atoms with E-state index in [1.54, 1.807) is 7.11 Å². The van der Waals surface area contributed by atoms with Crippen molar-refractivity contribution >= 4 is 21.6 Å². The Bertz CT molecular complexity index is 876. The second-order valence-electron chi connectivity index (χ2n) is 5.00. The monoisotopic (exact) mass is 355 g/mol. The molecule has 0 spiro atoms. The van der Waals surface area contributed by atoms with E-state index in [2.05, 4.69) is 22.0 Å². The summed E-state index contributed by atoms with van der Waals surface area (Å²) in [7, 11) is 1.64. The maximum absolute atomic E-state index is 9.15. The SMILES string of the molecule is COc1ccc(-c2nc3cc(C)c(Br)cn3c2CC#N)cc1. The number of halogens is 1. The number of benzene rings is 1. The van der Waals surface area contributed by atoms with Crippen LogP contribution in [0.15, 0.2) is 41.0 Å². The first-order chi connectivity index (χ1) is 10.6. The molecule has 0 aliphatic heterocycles. The highest BCUT2D eigenvalue weighted by atomic mass is 79.9. The molecule has 2 aromatic heterocycles. The van der Waals surface area contributed by atoms with Crippen molar-refractivity contribution in [2.45, 2.75) is 13.3 Å². The molecule has 0 saturated carbocycles. The van der Waals surface area contributed by atoms with E-state index in [4.69, 9.17) is 15.0 Å². The highest BCUT2D eigenvalue weighted by molar-refractivity contribution is 9.10. The molecule has 0 bridgehead atoms. The van der Waals surface area contributed by atoms with Crippen LogP contribution in [0, 0.1) is 18.3 Å². The van der Waals surface area contributed by atoms with E-state index in [1.165, 1.54) is 0 Å². The molecule has 0 amide bonds. The van der Waals surface area contributed by atoms with Gasteiger partial charge in [0.1, 0.15) is 11.4 Å². The van der Waals surface area contributed by atoms with Gasteiger partial charge in [-0.1, -0.05) is 0 Å². The fourth-order valence-corrected chi connectivity index (χ4v) is 2.75. The number of nitriles is 1. The summed E-state index contributed by atoms with van der Waals surface area (Å²) in [6.45, 7) is 2.02. The van der Waals surface area contributed by atoms with Crippen LogP contribution in [0.1, 0.15) is 11.3 Å². The molecule has 0 aliphatic carbocycles. The average molecular weight is 356 g/mol. The van der Waals surface area contributed by atoms with E-state index in [9.17, 15) is 0 Å². The Labute approximate surface area is 137 Å². The predicted octanol–water partition coefficient (Wildman–Crippen LogP) is 4.15. The lowest BCUT2D eigenvalue weighted by molar-refractivity contribution is 0.415. The Morgan fingerprint density at radius 2 is 2.05 bits per heavy atom.